The maximum atomic E-state index is 15.1. The Morgan fingerprint density at radius 2 is 1.94 bits per heavy atom. The molecule has 1 saturated carbocycles. The second-order valence-electron chi connectivity index (χ2n) is 8.97. The van der Waals surface area contributed by atoms with Crippen LogP contribution in [0.5, 0.6) is 0 Å². The van der Waals surface area contributed by atoms with Crippen molar-refractivity contribution >= 4 is 34.6 Å². The van der Waals surface area contributed by atoms with E-state index in [0.29, 0.717) is 12.2 Å². The smallest absolute Gasteiger partial charge is 0.414 e. The number of cyclic esters (lactones) is 1. The highest BCUT2D eigenvalue weighted by Crippen LogP contribution is 2.37. The molecule has 1 N–H and O–H groups in total. The van der Waals surface area contributed by atoms with E-state index in [2.05, 4.69) is 5.32 Å². The van der Waals surface area contributed by atoms with Crippen LogP contribution in [-0.2, 0) is 20.7 Å². The number of rotatable bonds is 7. The number of anilines is 2. The summed E-state index contributed by atoms with van der Waals surface area (Å²) in [5.74, 6) is -1.21. The lowest BCUT2D eigenvalue weighted by Crippen LogP contribution is -2.40. The third-order valence-corrected chi connectivity index (χ3v) is 7.49. The van der Waals surface area contributed by atoms with Crippen molar-refractivity contribution in [3.05, 3.63) is 23.8 Å². The minimum atomic E-state index is -1.08. The first-order chi connectivity index (χ1) is 15.2. The summed E-state index contributed by atoms with van der Waals surface area (Å²) in [4.78, 5) is 27.2. The average Bonchev–Trinajstić information content (AvgIpc) is 3.21. The minimum absolute atomic E-state index is 0.0286. The van der Waals surface area contributed by atoms with Gasteiger partial charge in [0.1, 0.15) is 17.5 Å². The molecule has 1 aromatic rings. The van der Waals surface area contributed by atoms with Crippen molar-refractivity contribution in [1.29, 1.82) is 0 Å². The summed E-state index contributed by atoms with van der Waals surface area (Å²) in [5, 5.41) is 2.79. The Bertz CT molecular complexity index is 860. The molecule has 10 heteroatoms. The molecule has 2 saturated heterocycles. The van der Waals surface area contributed by atoms with Gasteiger partial charge in [0, 0.05) is 24.1 Å². The van der Waals surface area contributed by atoms with Gasteiger partial charge < -0.3 is 19.5 Å². The molecule has 4 unspecified atom stereocenters. The standard InChI is InChI=1S/C22H29F2N3O4S/c1-13-6-7-15(12-32(2)30)27(13)20-18(23)8-16(9-19(20)24)26-11-17(31-22(26)29)10-25-21(28)14-4-3-5-14/h8-9,13-15,17H,3-7,10-12H2,1-2H3,(H,25,28). The minimum Gasteiger partial charge on any atom is -0.616 e. The average molecular weight is 470 g/mol. The summed E-state index contributed by atoms with van der Waals surface area (Å²) in [6.07, 6.45) is 4.57. The van der Waals surface area contributed by atoms with Gasteiger partial charge in [-0.3, -0.25) is 9.69 Å². The SMILES string of the molecule is CC1CCC(C[S+](C)[O-])N1c1c(F)cc(N2CC(CNC(=O)C3CCC3)OC2=O)cc1F. The van der Waals surface area contributed by atoms with Gasteiger partial charge in [0.2, 0.25) is 5.91 Å². The quantitative estimate of drug-likeness (QED) is 0.621. The van der Waals surface area contributed by atoms with Crippen LogP contribution in [0.15, 0.2) is 12.1 Å². The first-order valence-electron chi connectivity index (χ1n) is 11.1. The lowest BCUT2D eigenvalue weighted by Gasteiger charge is -2.31. The Morgan fingerprint density at radius 3 is 2.53 bits per heavy atom. The molecule has 1 aliphatic carbocycles. The molecule has 1 aromatic carbocycles. The predicted molar refractivity (Wildman–Crippen MR) is 118 cm³/mol. The van der Waals surface area contributed by atoms with Gasteiger partial charge in [-0.1, -0.05) is 17.6 Å². The molecule has 2 heterocycles. The Balaban J connectivity index is 1.46. The second-order valence-corrected chi connectivity index (χ2v) is 10.5. The first-order valence-corrected chi connectivity index (χ1v) is 12.8. The number of ether oxygens (including phenoxy) is 1. The Labute approximate surface area is 189 Å². The Kier molecular flexibility index (Phi) is 6.80. The van der Waals surface area contributed by atoms with Crippen LogP contribution in [0.3, 0.4) is 0 Å². The highest BCUT2D eigenvalue weighted by molar-refractivity contribution is 7.90. The van der Waals surface area contributed by atoms with Crippen molar-refractivity contribution < 1.29 is 27.7 Å². The van der Waals surface area contributed by atoms with Crippen LogP contribution >= 0.6 is 0 Å². The molecule has 32 heavy (non-hydrogen) atoms. The maximum absolute atomic E-state index is 15.1. The first kappa shape index (κ1) is 23.1. The van der Waals surface area contributed by atoms with E-state index < -0.39 is 35.0 Å². The van der Waals surface area contributed by atoms with Crippen molar-refractivity contribution in [2.75, 3.05) is 34.9 Å². The number of nitrogens with one attached hydrogen (secondary N) is 1. The summed E-state index contributed by atoms with van der Waals surface area (Å²) in [7, 11) is 0. The molecular weight excluding hydrogens is 440 g/mol. The summed E-state index contributed by atoms with van der Waals surface area (Å²) < 4.78 is 47.2. The highest BCUT2D eigenvalue weighted by atomic mass is 32.2. The number of benzene rings is 1. The van der Waals surface area contributed by atoms with Gasteiger partial charge in [0.25, 0.3) is 0 Å². The molecule has 7 nitrogen and oxygen atoms in total. The van der Waals surface area contributed by atoms with Crippen LogP contribution in [0, 0.1) is 17.6 Å². The number of halogens is 2. The molecule has 0 bridgehead atoms. The zero-order valence-corrected chi connectivity index (χ0v) is 19.1. The van der Waals surface area contributed by atoms with Crippen LogP contribution in [0.1, 0.15) is 39.0 Å². The van der Waals surface area contributed by atoms with Gasteiger partial charge in [-0.05, 0) is 32.6 Å². The molecule has 3 aliphatic rings. The highest BCUT2D eigenvalue weighted by Gasteiger charge is 2.38. The number of hydrogen-bond donors (Lipinski definition) is 1. The molecule has 0 spiro atoms. The fraction of sp³-hybridized carbons (Fsp3) is 0.636. The topological polar surface area (TPSA) is 84.9 Å². The normalized spacial score (nSPS) is 26.8. The number of carbonyl (C=O) groups excluding carboxylic acids is 2. The molecule has 176 valence electrons. The molecule has 0 radical (unpaired) electrons. The van der Waals surface area contributed by atoms with E-state index >= 15 is 8.78 Å². The van der Waals surface area contributed by atoms with Crippen LogP contribution < -0.4 is 15.1 Å². The van der Waals surface area contributed by atoms with Gasteiger partial charge >= 0.3 is 6.09 Å². The third kappa shape index (κ3) is 4.66. The zero-order chi connectivity index (χ0) is 23.0. The zero-order valence-electron chi connectivity index (χ0n) is 18.3. The van der Waals surface area contributed by atoms with Gasteiger partial charge in [-0.15, -0.1) is 0 Å². The molecule has 2 amide bonds. The monoisotopic (exact) mass is 469 g/mol. The molecule has 4 rings (SSSR count). The predicted octanol–water partition coefficient (Wildman–Crippen LogP) is 2.94. The summed E-state index contributed by atoms with van der Waals surface area (Å²) in [5.41, 5.74) is -0.0740. The van der Waals surface area contributed by atoms with Crippen molar-refractivity contribution in [2.24, 2.45) is 5.92 Å². The third-order valence-electron chi connectivity index (χ3n) is 6.64. The van der Waals surface area contributed by atoms with Crippen molar-refractivity contribution in [1.82, 2.24) is 5.32 Å². The lowest BCUT2D eigenvalue weighted by molar-refractivity contribution is -0.127. The van der Waals surface area contributed by atoms with Crippen molar-refractivity contribution in [3.63, 3.8) is 0 Å². The Morgan fingerprint density at radius 1 is 1.25 bits per heavy atom. The fourth-order valence-electron chi connectivity index (χ4n) is 4.73. The summed E-state index contributed by atoms with van der Waals surface area (Å²) >= 11 is -1.08. The molecule has 4 atom stereocenters. The van der Waals surface area contributed by atoms with E-state index in [9.17, 15) is 14.1 Å². The van der Waals surface area contributed by atoms with Crippen LogP contribution in [0.25, 0.3) is 0 Å². The summed E-state index contributed by atoms with van der Waals surface area (Å²) in [6.45, 7) is 2.16. The number of nitrogens with zero attached hydrogens (tertiary/aromatic N) is 2. The maximum Gasteiger partial charge on any atom is 0.414 e. The van der Waals surface area contributed by atoms with E-state index in [0.717, 1.165) is 37.8 Å². The number of carbonyl (C=O) groups is 2. The molecular formula is C22H29F2N3O4S. The Hall–Kier alpha value is -2.07. The van der Waals surface area contributed by atoms with Crippen molar-refractivity contribution in [2.45, 2.75) is 57.2 Å². The van der Waals surface area contributed by atoms with E-state index in [1.165, 1.54) is 4.90 Å². The van der Waals surface area contributed by atoms with Crippen molar-refractivity contribution in [3.8, 4) is 0 Å². The van der Waals surface area contributed by atoms with Crippen LogP contribution in [0.4, 0.5) is 25.0 Å². The van der Waals surface area contributed by atoms with E-state index in [-0.39, 0.29) is 48.4 Å². The molecule has 0 aromatic heterocycles. The number of hydrogen-bond acceptors (Lipinski definition) is 5. The number of amides is 2. The fourth-order valence-corrected chi connectivity index (χ4v) is 5.60. The van der Waals surface area contributed by atoms with Gasteiger partial charge in [-0.2, -0.15) is 0 Å². The van der Waals surface area contributed by atoms with Crippen LogP contribution in [-0.4, -0.2) is 59.8 Å². The van der Waals surface area contributed by atoms with E-state index in [1.54, 1.807) is 11.2 Å². The summed E-state index contributed by atoms with van der Waals surface area (Å²) in [6, 6.07) is 1.99. The van der Waals surface area contributed by atoms with E-state index in [1.807, 2.05) is 6.92 Å². The van der Waals surface area contributed by atoms with Crippen LogP contribution in [0.2, 0.25) is 0 Å². The second kappa shape index (κ2) is 9.43. The van der Waals surface area contributed by atoms with Gasteiger partial charge in [-0.25, -0.2) is 13.6 Å². The van der Waals surface area contributed by atoms with E-state index in [4.69, 9.17) is 4.74 Å². The van der Waals surface area contributed by atoms with Gasteiger partial charge in [0.15, 0.2) is 11.6 Å². The molecule has 3 fully saturated rings. The molecule has 2 aliphatic heterocycles. The largest absolute Gasteiger partial charge is 0.616 e. The lowest BCUT2D eigenvalue weighted by atomic mass is 9.85. The van der Waals surface area contributed by atoms with Gasteiger partial charge in [0.05, 0.1) is 31.1 Å².